The van der Waals surface area contributed by atoms with Gasteiger partial charge in [-0.2, -0.15) is 0 Å². The van der Waals surface area contributed by atoms with Crippen LogP contribution in [-0.2, 0) is 33.3 Å². The number of carboxylic acids is 1. The second-order valence-electron chi connectivity index (χ2n) is 19.1. The second-order valence-corrected chi connectivity index (χ2v) is 19.1. The van der Waals surface area contributed by atoms with Gasteiger partial charge >= 0.3 is 11.9 Å². The number of unbranched alkanes of at least 4 members (excludes halogenated alkanes) is 10. The van der Waals surface area contributed by atoms with Gasteiger partial charge in [0.05, 0.1) is 40.3 Å². The summed E-state index contributed by atoms with van der Waals surface area (Å²) in [6.07, 6.45) is 74.6. The van der Waals surface area contributed by atoms with Gasteiger partial charge in [0.25, 0.3) is 0 Å². The zero-order valence-corrected chi connectivity index (χ0v) is 46.4. The molecule has 0 aromatic carbocycles. The van der Waals surface area contributed by atoms with Crippen LogP contribution in [0.5, 0.6) is 0 Å². The first-order valence-electron chi connectivity index (χ1n) is 28.0. The minimum Gasteiger partial charge on any atom is -0.545 e. The van der Waals surface area contributed by atoms with E-state index in [-0.39, 0.29) is 38.6 Å². The minimum atomic E-state index is -1.65. The predicted octanol–water partition coefficient (Wildman–Crippen LogP) is 15.1. The molecule has 0 radical (unpaired) electrons. The summed E-state index contributed by atoms with van der Waals surface area (Å²) in [6.45, 7) is 4.43. The molecule has 0 aliphatic rings. The molecule has 0 amide bonds. The number of likely N-dealkylation sites (N-methyl/N-ethyl adjacent to an activating group) is 1. The normalized spacial score (nSPS) is 13.9. The third-order valence-electron chi connectivity index (χ3n) is 11.1. The van der Waals surface area contributed by atoms with Crippen molar-refractivity contribution in [3.8, 4) is 0 Å². The van der Waals surface area contributed by atoms with Crippen LogP contribution in [0.25, 0.3) is 0 Å². The van der Waals surface area contributed by atoms with Crippen molar-refractivity contribution >= 4 is 17.9 Å². The van der Waals surface area contributed by atoms with E-state index in [1.165, 1.54) is 25.7 Å². The Morgan fingerprint density at radius 1 is 0.411 bits per heavy atom. The third kappa shape index (κ3) is 54.8. The fraction of sp³-hybridized carbons (Fsp3) is 0.578. The lowest BCUT2D eigenvalue weighted by Gasteiger charge is -2.26. The van der Waals surface area contributed by atoms with Crippen molar-refractivity contribution in [3.05, 3.63) is 146 Å². The number of allylic oxidation sites excluding steroid dienone is 24. The zero-order valence-electron chi connectivity index (χ0n) is 46.4. The molecular weight excluding hydrogens is 911 g/mol. The number of nitrogens with zero attached hydrogens (tertiary/aromatic N) is 1. The first-order chi connectivity index (χ1) is 35.6. The zero-order chi connectivity index (χ0) is 53.4. The Hall–Kier alpha value is -4.83. The number of carbonyl (C=O) groups is 3. The number of ether oxygens (including phenoxy) is 4. The quantitative estimate of drug-likeness (QED) is 0.0195. The van der Waals surface area contributed by atoms with Crippen molar-refractivity contribution in [2.75, 3.05) is 47.5 Å². The first kappa shape index (κ1) is 68.2. The SMILES string of the molecule is CC/C=C\C/C=C\C/C=C\C/C=C\C/C=C\C/C=C\C/C=C\C/C=C\CCCCC(=O)OC(COC(=O)CCCCCCCCCC/C=C\C/C=C\C/C=C\C/C=C\CC)COC(OCC[N+](C)(C)C)C(=O)[O-]. The molecule has 0 saturated carbocycles. The van der Waals surface area contributed by atoms with E-state index in [0.717, 1.165) is 116 Å². The first-order valence-corrected chi connectivity index (χ1v) is 28.0. The summed E-state index contributed by atoms with van der Waals surface area (Å²) in [5.41, 5.74) is 0. The van der Waals surface area contributed by atoms with E-state index < -0.39 is 24.3 Å². The van der Waals surface area contributed by atoms with Gasteiger partial charge in [-0.05, 0) is 116 Å². The molecule has 0 fully saturated rings. The van der Waals surface area contributed by atoms with Crippen LogP contribution in [-0.4, -0.2) is 82.3 Å². The molecule has 410 valence electrons. The number of aliphatic carboxylic acids is 1. The number of hydrogen-bond acceptors (Lipinski definition) is 8. The summed E-state index contributed by atoms with van der Waals surface area (Å²) in [4.78, 5) is 37.3. The molecule has 0 spiro atoms. The molecule has 0 N–H and O–H groups in total. The van der Waals surface area contributed by atoms with Crippen LogP contribution >= 0.6 is 0 Å². The average Bonchev–Trinajstić information content (AvgIpc) is 3.36. The van der Waals surface area contributed by atoms with Gasteiger partial charge in [-0.3, -0.25) is 9.59 Å². The van der Waals surface area contributed by atoms with E-state index in [1.54, 1.807) is 0 Å². The molecule has 0 aliphatic heterocycles. The number of quaternary nitrogens is 1. The Kier molecular flexibility index (Phi) is 49.9. The lowest BCUT2D eigenvalue weighted by atomic mass is 10.1. The van der Waals surface area contributed by atoms with Gasteiger partial charge in [0.1, 0.15) is 13.2 Å². The van der Waals surface area contributed by atoms with Crippen molar-refractivity contribution in [3.63, 3.8) is 0 Å². The van der Waals surface area contributed by atoms with E-state index in [9.17, 15) is 19.5 Å². The summed E-state index contributed by atoms with van der Waals surface area (Å²) in [5, 5.41) is 11.8. The predicted molar refractivity (Wildman–Crippen MR) is 306 cm³/mol. The van der Waals surface area contributed by atoms with Crippen molar-refractivity contribution < 1.29 is 42.9 Å². The fourth-order valence-corrected chi connectivity index (χ4v) is 6.83. The maximum absolute atomic E-state index is 12.8. The molecule has 73 heavy (non-hydrogen) atoms. The van der Waals surface area contributed by atoms with Crippen LogP contribution in [0.3, 0.4) is 0 Å². The largest absolute Gasteiger partial charge is 0.545 e. The van der Waals surface area contributed by atoms with Gasteiger partial charge in [0.15, 0.2) is 12.4 Å². The molecule has 9 nitrogen and oxygen atoms in total. The standard InChI is InChI=1S/C64H101NO8/c1-6-8-10-12-14-16-18-20-22-24-26-28-29-30-31-32-33-35-37-39-41-43-45-47-49-51-53-55-62(67)73-60(59-72-64(63(68)69)70-57-56-65(3,4)5)58-71-61(66)54-52-50-48-46-44-42-40-38-36-34-27-25-23-21-19-17-15-13-11-9-7-2/h8-11,14-17,20-23,26-28,30-31,33-35,39,41,45,47,60,64H,6-7,12-13,18-19,24-25,29,32,36-38,40,42-44,46,48-59H2,1-5H3/b10-8-,11-9-,16-14-,17-15-,22-20-,23-21-,28-26-,31-30-,34-27-,35-33-,41-39-,47-45-. The smallest absolute Gasteiger partial charge is 0.306 e. The molecule has 9 heteroatoms. The summed E-state index contributed by atoms with van der Waals surface area (Å²) in [6, 6.07) is 0. The highest BCUT2D eigenvalue weighted by molar-refractivity contribution is 5.70. The molecule has 0 aromatic rings. The maximum Gasteiger partial charge on any atom is 0.306 e. The van der Waals surface area contributed by atoms with E-state index in [4.69, 9.17) is 18.9 Å². The van der Waals surface area contributed by atoms with Crippen LogP contribution in [0.4, 0.5) is 0 Å². The Morgan fingerprint density at radius 3 is 1.12 bits per heavy atom. The highest BCUT2D eigenvalue weighted by atomic mass is 16.7. The highest BCUT2D eigenvalue weighted by Crippen LogP contribution is 2.13. The summed E-state index contributed by atoms with van der Waals surface area (Å²) in [7, 11) is 5.89. The van der Waals surface area contributed by atoms with E-state index in [2.05, 4.69) is 160 Å². The molecule has 0 saturated heterocycles. The van der Waals surface area contributed by atoms with Gasteiger partial charge < -0.3 is 33.3 Å². The van der Waals surface area contributed by atoms with Crippen molar-refractivity contribution in [2.45, 2.75) is 193 Å². The number of rotatable bonds is 49. The molecule has 2 unspecified atom stereocenters. The monoisotopic (exact) mass is 1010 g/mol. The summed E-state index contributed by atoms with van der Waals surface area (Å²) < 4.78 is 22.6. The third-order valence-corrected chi connectivity index (χ3v) is 11.1. The lowest BCUT2D eigenvalue weighted by molar-refractivity contribution is -0.870. The van der Waals surface area contributed by atoms with Crippen LogP contribution in [0.2, 0.25) is 0 Å². The van der Waals surface area contributed by atoms with Gasteiger partial charge in [-0.15, -0.1) is 0 Å². The van der Waals surface area contributed by atoms with Gasteiger partial charge in [0.2, 0.25) is 0 Å². The number of carboxylic acid groups (broad SMARTS) is 1. The van der Waals surface area contributed by atoms with Crippen LogP contribution in [0.15, 0.2) is 146 Å². The Balaban J connectivity index is 4.44. The molecular formula is C64H101NO8. The number of carbonyl (C=O) groups excluding carboxylic acids is 3. The molecule has 0 bridgehead atoms. The number of esters is 2. The molecule has 2 atom stereocenters. The molecule has 0 rings (SSSR count). The Morgan fingerprint density at radius 2 is 0.740 bits per heavy atom. The van der Waals surface area contributed by atoms with Gasteiger partial charge in [-0.1, -0.05) is 198 Å². The molecule has 0 heterocycles. The summed E-state index contributed by atoms with van der Waals surface area (Å²) >= 11 is 0. The van der Waals surface area contributed by atoms with Gasteiger partial charge in [0, 0.05) is 12.8 Å². The topological polar surface area (TPSA) is 111 Å². The maximum atomic E-state index is 12.8. The Labute approximate surface area is 445 Å². The Bertz CT molecular complexity index is 1700. The molecule has 0 aliphatic carbocycles. The lowest BCUT2D eigenvalue weighted by Crippen LogP contribution is -2.44. The van der Waals surface area contributed by atoms with E-state index >= 15 is 0 Å². The van der Waals surface area contributed by atoms with Crippen molar-refractivity contribution in [1.29, 1.82) is 0 Å². The highest BCUT2D eigenvalue weighted by Gasteiger charge is 2.21. The minimum absolute atomic E-state index is 0.128. The molecule has 0 aromatic heterocycles. The fourth-order valence-electron chi connectivity index (χ4n) is 6.83. The van der Waals surface area contributed by atoms with Crippen molar-refractivity contribution in [1.82, 2.24) is 0 Å². The summed E-state index contributed by atoms with van der Waals surface area (Å²) in [5.74, 6) is -2.38. The second kappa shape index (κ2) is 53.5. The van der Waals surface area contributed by atoms with Crippen LogP contribution in [0, 0.1) is 0 Å². The number of hydrogen-bond donors (Lipinski definition) is 0. The van der Waals surface area contributed by atoms with Crippen molar-refractivity contribution in [2.24, 2.45) is 0 Å². The van der Waals surface area contributed by atoms with Gasteiger partial charge in [-0.25, -0.2) is 0 Å². The van der Waals surface area contributed by atoms with Crippen LogP contribution < -0.4 is 5.11 Å². The van der Waals surface area contributed by atoms with E-state index in [0.29, 0.717) is 23.9 Å². The van der Waals surface area contributed by atoms with E-state index in [1.807, 2.05) is 21.1 Å². The average molecular weight is 1010 g/mol. The van der Waals surface area contributed by atoms with Crippen LogP contribution in [0.1, 0.15) is 181 Å².